The summed E-state index contributed by atoms with van der Waals surface area (Å²) in [4.78, 5) is 22.9. The van der Waals surface area contributed by atoms with Crippen LogP contribution in [0, 0.1) is 0 Å². The molecule has 2 rings (SSSR count). The number of Topliss-reactive ketones (excluding diaryl/α,β-unsaturated/α-hetero) is 1. The standard InChI is InChI=1S/C17H20N4O3/c1-11(22)12-5-7-13(8-6-12)18-14-9-10-15(21-20-14)19-16(23)24-17(2,3)4/h5-10H,1-4H3,(H,18,20)(H,19,21,23). The topological polar surface area (TPSA) is 93.2 Å². The molecule has 7 nitrogen and oxygen atoms in total. The highest BCUT2D eigenvalue weighted by molar-refractivity contribution is 5.94. The number of aromatic nitrogens is 2. The van der Waals surface area contributed by atoms with Gasteiger partial charge in [0.2, 0.25) is 0 Å². The Hall–Kier alpha value is -2.96. The summed E-state index contributed by atoms with van der Waals surface area (Å²) in [5.41, 5.74) is 0.844. The second kappa shape index (κ2) is 7.08. The molecule has 0 atom stereocenters. The number of carbonyl (C=O) groups is 2. The van der Waals surface area contributed by atoms with Gasteiger partial charge in [0.25, 0.3) is 0 Å². The molecule has 0 fully saturated rings. The molecule has 2 aromatic rings. The molecular weight excluding hydrogens is 308 g/mol. The molecule has 0 aliphatic heterocycles. The number of anilines is 3. The van der Waals surface area contributed by atoms with Gasteiger partial charge < -0.3 is 10.1 Å². The highest BCUT2D eigenvalue weighted by Crippen LogP contribution is 2.16. The lowest BCUT2D eigenvalue weighted by Crippen LogP contribution is -2.27. The predicted molar refractivity (Wildman–Crippen MR) is 91.6 cm³/mol. The molecule has 24 heavy (non-hydrogen) atoms. The molecular formula is C17H20N4O3. The molecule has 0 spiro atoms. The third-order valence-electron chi connectivity index (χ3n) is 2.86. The van der Waals surface area contributed by atoms with E-state index in [2.05, 4.69) is 20.8 Å². The van der Waals surface area contributed by atoms with E-state index in [-0.39, 0.29) is 5.78 Å². The molecule has 1 heterocycles. The van der Waals surface area contributed by atoms with Crippen LogP contribution in [0.3, 0.4) is 0 Å². The summed E-state index contributed by atoms with van der Waals surface area (Å²) in [5.74, 6) is 0.820. The van der Waals surface area contributed by atoms with Gasteiger partial charge in [-0.3, -0.25) is 10.1 Å². The van der Waals surface area contributed by atoms with Crippen molar-refractivity contribution >= 4 is 29.2 Å². The van der Waals surface area contributed by atoms with Gasteiger partial charge in [0.15, 0.2) is 17.4 Å². The molecule has 1 amide bonds. The van der Waals surface area contributed by atoms with Crippen molar-refractivity contribution in [3.63, 3.8) is 0 Å². The van der Waals surface area contributed by atoms with E-state index in [0.717, 1.165) is 5.69 Å². The summed E-state index contributed by atoms with van der Waals surface area (Å²) in [7, 11) is 0. The monoisotopic (exact) mass is 328 g/mol. The predicted octanol–water partition coefficient (Wildman–Crippen LogP) is 3.77. The van der Waals surface area contributed by atoms with Gasteiger partial charge in [-0.05, 0) is 64.1 Å². The summed E-state index contributed by atoms with van der Waals surface area (Å²) in [6.07, 6.45) is -0.586. The minimum Gasteiger partial charge on any atom is -0.444 e. The van der Waals surface area contributed by atoms with E-state index in [4.69, 9.17) is 4.74 Å². The molecule has 0 aliphatic carbocycles. The van der Waals surface area contributed by atoms with Gasteiger partial charge in [-0.15, -0.1) is 10.2 Å². The first-order valence-electron chi connectivity index (χ1n) is 7.45. The summed E-state index contributed by atoms with van der Waals surface area (Å²) < 4.78 is 5.14. The average molecular weight is 328 g/mol. The fourth-order valence-electron chi connectivity index (χ4n) is 1.81. The molecule has 1 aromatic heterocycles. The van der Waals surface area contributed by atoms with Crippen LogP contribution in [0.2, 0.25) is 0 Å². The number of rotatable bonds is 4. The van der Waals surface area contributed by atoms with Gasteiger partial charge in [0, 0.05) is 11.3 Å². The lowest BCUT2D eigenvalue weighted by atomic mass is 10.1. The molecule has 0 radical (unpaired) electrons. The van der Waals surface area contributed by atoms with Crippen molar-refractivity contribution in [1.29, 1.82) is 0 Å². The van der Waals surface area contributed by atoms with Gasteiger partial charge in [-0.1, -0.05) is 0 Å². The molecule has 0 saturated carbocycles. The summed E-state index contributed by atoms with van der Waals surface area (Å²) in [6, 6.07) is 10.3. The first kappa shape index (κ1) is 17.4. The molecule has 7 heteroatoms. The van der Waals surface area contributed by atoms with E-state index in [1.165, 1.54) is 6.92 Å². The molecule has 2 N–H and O–H groups in total. The first-order valence-corrected chi connectivity index (χ1v) is 7.45. The molecule has 0 bridgehead atoms. The minimum atomic E-state index is -0.586. The average Bonchev–Trinajstić information content (AvgIpc) is 2.48. The van der Waals surface area contributed by atoms with E-state index >= 15 is 0 Å². The van der Waals surface area contributed by atoms with Gasteiger partial charge in [0.1, 0.15) is 5.60 Å². The van der Waals surface area contributed by atoms with Crippen LogP contribution in [0.15, 0.2) is 36.4 Å². The second-order valence-electron chi connectivity index (χ2n) is 6.19. The van der Waals surface area contributed by atoms with Crippen LogP contribution in [0.25, 0.3) is 0 Å². The van der Waals surface area contributed by atoms with Crippen molar-refractivity contribution in [3.8, 4) is 0 Å². The molecule has 0 aliphatic rings. The zero-order valence-corrected chi connectivity index (χ0v) is 14.1. The van der Waals surface area contributed by atoms with Crippen LogP contribution >= 0.6 is 0 Å². The SMILES string of the molecule is CC(=O)c1ccc(Nc2ccc(NC(=O)OC(C)(C)C)nn2)cc1. The van der Waals surface area contributed by atoms with Crippen LogP contribution < -0.4 is 10.6 Å². The third kappa shape index (κ3) is 5.35. The highest BCUT2D eigenvalue weighted by atomic mass is 16.6. The number of hydrogen-bond donors (Lipinski definition) is 2. The molecule has 1 aromatic carbocycles. The van der Waals surface area contributed by atoms with Crippen molar-refractivity contribution in [2.45, 2.75) is 33.3 Å². The highest BCUT2D eigenvalue weighted by Gasteiger charge is 2.16. The van der Waals surface area contributed by atoms with Crippen molar-refractivity contribution in [1.82, 2.24) is 10.2 Å². The number of nitrogens with zero attached hydrogens (tertiary/aromatic N) is 2. The zero-order valence-electron chi connectivity index (χ0n) is 14.1. The van der Waals surface area contributed by atoms with Gasteiger partial charge in [-0.2, -0.15) is 0 Å². The molecule has 0 saturated heterocycles. The van der Waals surface area contributed by atoms with Crippen LogP contribution in [0.4, 0.5) is 22.1 Å². The number of nitrogens with one attached hydrogen (secondary N) is 2. The second-order valence-corrected chi connectivity index (χ2v) is 6.19. The Morgan fingerprint density at radius 2 is 1.54 bits per heavy atom. The van der Waals surface area contributed by atoms with E-state index in [0.29, 0.717) is 17.2 Å². The van der Waals surface area contributed by atoms with E-state index in [9.17, 15) is 9.59 Å². The lowest BCUT2D eigenvalue weighted by molar-refractivity contribution is 0.0635. The summed E-state index contributed by atoms with van der Waals surface area (Å²) in [6.45, 7) is 6.86. The largest absolute Gasteiger partial charge is 0.444 e. The van der Waals surface area contributed by atoms with Crippen LogP contribution in [0.5, 0.6) is 0 Å². The number of amides is 1. The van der Waals surface area contributed by atoms with Crippen LogP contribution in [-0.4, -0.2) is 27.7 Å². The van der Waals surface area contributed by atoms with E-state index in [1.54, 1.807) is 57.2 Å². The maximum Gasteiger partial charge on any atom is 0.413 e. The fourth-order valence-corrected chi connectivity index (χ4v) is 1.81. The van der Waals surface area contributed by atoms with Crippen molar-refractivity contribution in [2.75, 3.05) is 10.6 Å². The van der Waals surface area contributed by atoms with Crippen molar-refractivity contribution < 1.29 is 14.3 Å². The third-order valence-corrected chi connectivity index (χ3v) is 2.86. The van der Waals surface area contributed by atoms with Crippen molar-refractivity contribution in [2.24, 2.45) is 0 Å². The minimum absolute atomic E-state index is 0.0129. The van der Waals surface area contributed by atoms with E-state index < -0.39 is 11.7 Å². The Morgan fingerprint density at radius 3 is 2.04 bits per heavy atom. The Morgan fingerprint density at radius 1 is 0.958 bits per heavy atom. The first-order chi connectivity index (χ1) is 11.2. The summed E-state index contributed by atoms with van der Waals surface area (Å²) >= 11 is 0. The van der Waals surface area contributed by atoms with Crippen molar-refractivity contribution in [3.05, 3.63) is 42.0 Å². The summed E-state index contributed by atoms with van der Waals surface area (Å²) in [5, 5.41) is 13.5. The quantitative estimate of drug-likeness (QED) is 0.830. The lowest BCUT2D eigenvalue weighted by Gasteiger charge is -2.19. The Balaban J connectivity index is 1.96. The normalized spacial score (nSPS) is 10.8. The Bertz CT molecular complexity index is 719. The fraction of sp³-hybridized carbons (Fsp3) is 0.294. The number of ketones is 1. The zero-order chi connectivity index (χ0) is 17.7. The number of hydrogen-bond acceptors (Lipinski definition) is 6. The number of benzene rings is 1. The van der Waals surface area contributed by atoms with Crippen LogP contribution in [-0.2, 0) is 4.74 Å². The van der Waals surface area contributed by atoms with Gasteiger partial charge in [0.05, 0.1) is 0 Å². The van der Waals surface area contributed by atoms with Crippen LogP contribution in [0.1, 0.15) is 38.1 Å². The maximum absolute atomic E-state index is 11.6. The smallest absolute Gasteiger partial charge is 0.413 e. The van der Waals surface area contributed by atoms with Gasteiger partial charge >= 0.3 is 6.09 Å². The van der Waals surface area contributed by atoms with E-state index in [1.807, 2.05) is 0 Å². The number of ether oxygens (including phenoxy) is 1. The Kier molecular flexibility index (Phi) is 5.13. The maximum atomic E-state index is 11.6. The molecule has 0 unspecified atom stereocenters. The van der Waals surface area contributed by atoms with Gasteiger partial charge in [-0.25, -0.2) is 4.79 Å². The molecule has 126 valence electrons. The Labute approximate surface area is 140 Å². The number of carbonyl (C=O) groups excluding carboxylic acids is 2.